The van der Waals surface area contributed by atoms with Crippen molar-refractivity contribution in [1.29, 1.82) is 0 Å². The van der Waals surface area contributed by atoms with Crippen LogP contribution in [0.15, 0.2) is 66.0 Å². The van der Waals surface area contributed by atoms with Gasteiger partial charge in [0, 0.05) is 24.2 Å². The number of hydrogen-bond donors (Lipinski definition) is 0. The van der Waals surface area contributed by atoms with Gasteiger partial charge in [-0.1, -0.05) is 13.0 Å². The van der Waals surface area contributed by atoms with E-state index in [9.17, 15) is 24.0 Å². The fourth-order valence-corrected chi connectivity index (χ4v) is 4.37. The lowest BCUT2D eigenvalue weighted by Gasteiger charge is -2.17. The van der Waals surface area contributed by atoms with Crippen molar-refractivity contribution in [2.24, 2.45) is 5.92 Å². The molecule has 196 valence electrons. The summed E-state index contributed by atoms with van der Waals surface area (Å²) in [5.41, 5.74) is 1.21. The molecule has 1 aliphatic rings. The predicted molar refractivity (Wildman–Crippen MR) is 138 cm³/mol. The topological polar surface area (TPSA) is 116 Å². The van der Waals surface area contributed by atoms with Crippen molar-refractivity contribution >= 4 is 46.6 Å². The quantitative estimate of drug-likeness (QED) is 0.214. The Morgan fingerprint density at radius 2 is 1.63 bits per heavy atom. The first-order valence-corrected chi connectivity index (χ1v) is 12.9. The van der Waals surface area contributed by atoms with Gasteiger partial charge in [0.05, 0.1) is 18.1 Å². The maximum Gasteiger partial charge on any atom is 0.353 e. The van der Waals surface area contributed by atoms with Crippen LogP contribution in [0, 0.1) is 5.92 Å². The van der Waals surface area contributed by atoms with Crippen molar-refractivity contribution in [3.8, 4) is 5.75 Å². The largest absolute Gasteiger partial charge is 0.462 e. The summed E-state index contributed by atoms with van der Waals surface area (Å²) in [7, 11) is 0. The summed E-state index contributed by atoms with van der Waals surface area (Å²) in [5, 5.41) is 1.77. The second kappa shape index (κ2) is 12.3. The summed E-state index contributed by atoms with van der Waals surface area (Å²) in [5.74, 6) is -2.69. The normalized spacial score (nSPS) is 14.7. The van der Waals surface area contributed by atoms with Gasteiger partial charge in [0.15, 0.2) is 12.4 Å². The molecule has 38 heavy (non-hydrogen) atoms. The van der Waals surface area contributed by atoms with E-state index in [0.717, 1.165) is 6.42 Å². The second-order valence-corrected chi connectivity index (χ2v) is 9.46. The number of Topliss-reactive ketones (excluding diaryl/α,β-unsaturated/α-hetero) is 1. The van der Waals surface area contributed by atoms with E-state index in [-0.39, 0.29) is 30.2 Å². The van der Waals surface area contributed by atoms with Gasteiger partial charge in [-0.15, -0.1) is 11.3 Å². The Balaban J connectivity index is 1.27. The number of benzene rings is 2. The third-order valence-electron chi connectivity index (χ3n) is 5.77. The molecule has 2 aromatic carbocycles. The number of carbonyl (C=O) groups excluding carboxylic acids is 5. The fourth-order valence-electron chi connectivity index (χ4n) is 3.77. The minimum Gasteiger partial charge on any atom is -0.462 e. The molecule has 0 radical (unpaired) electrons. The van der Waals surface area contributed by atoms with Crippen molar-refractivity contribution in [1.82, 2.24) is 0 Å². The first-order chi connectivity index (χ1) is 18.4. The zero-order valence-corrected chi connectivity index (χ0v) is 21.4. The van der Waals surface area contributed by atoms with E-state index in [2.05, 4.69) is 0 Å². The van der Waals surface area contributed by atoms with Gasteiger partial charge in [0.1, 0.15) is 10.6 Å². The number of ketones is 1. The van der Waals surface area contributed by atoms with Crippen molar-refractivity contribution < 1.29 is 38.2 Å². The maximum absolute atomic E-state index is 12.6. The summed E-state index contributed by atoms with van der Waals surface area (Å²) < 4.78 is 15.6. The molecular weight excluding hydrogens is 510 g/mol. The lowest BCUT2D eigenvalue weighted by molar-refractivity contribution is -0.147. The minimum atomic E-state index is -0.719. The van der Waals surface area contributed by atoms with Gasteiger partial charge in [-0.3, -0.25) is 14.4 Å². The lowest BCUT2D eigenvalue weighted by atomic mass is 10.1. The van der Waals surface area contributed by atoms with Gasteiger partial charge >= 0.3 is 17.9 Å². The molecule has 1 atom stereocenters. The van der Waals surface area contributed by atoms with Crippen molar-refractivity contribution in [2.45, 2.75) is 19.8 Å². The Hall–Kier alpha value is -4.31. The predicted octanol–water partition coefficient (Wildman–Crippen LogP) is 4.31. The summed E-state index contributed by atoms with van der Waals surface area (Å²) >= 11 is 1.26. The van der Waals surface area contributed by atoms with Crippen LogP contribution in [0.1, 0.15) is 50.2 Å². The van der Waals surface area contributed by atoms with Crippen LogP contribution < -0.4 is 9.64 Å². The average Bonchev–Trinajstić information content (AvgIpc) is 3.61. The highest BCUT2D eigenvalue weighted by molar-refractivity contribution is 7.12. The number of anilines is 1. The van der Waals surface area contributed by atoms with Crippen LogP contribution in [0.5, 0.6) is 5.75 Å². The molecule has 0 unspecified atom stereocenters. The van der Waals surface area contributed by atoms with Crippen LogP contribution in [0.2, 0.25) is 0 Å². The van der Waals surface area contributed by atoms with Gasteiger partial charge in [-0.25, -0.2) is 9.59 Å². The summed E-state index contributed by atoms with van der Waals surface area (Å²) in [6, 6.07) is 15.7. The Morgan fingerprint density at radius 3 is 2.29 bits per heavy atom. The first-order valence-electron chi connectivity index (χ1n) is 12.0. The molecule has 0 spiro atoms. The van der Waals surface area contributed by atoms with E-state index < -0.39 is 36.2 Å². The van der Waals surface area contributed by atoms with Gasteiger partial charge in [-0.05, 0) is 66.4 Å². The molecule has 1 fully saturated rings. The Kier molecular flexibility index (Phi) is 8.65. The SMILES string of the molecule is CCCOC(=O)c1ccc(N2C[C@H](C(=O)OCC(=O)c3ccc(OC(=O)c4cccs4)cc3)CC2=O)cc1. The number of thiophene rings is 1. The molecule has 4 rings (SSSR count). The monoisotopic (exact) mass is 535 g/mol. The van der Waals surface area contributed by atoms with Crippen LogP contribution in [-0.2, 0) is 19.1 Å². The third-order valence-corrected chi connectivity index (χ3v) is 6.61. The Morgan fingerprint density at radius 1 is 0.921 bits per heavy atom. The van der Waals surface area contributed by atoms with Crippen LogP contribution in [0.3, 0.4) is 0 Å². The average molecular weight is 536 g/mol. The molecule has 1 saturated heterocycles. The van der Waals surface area contributed by atoms with Crippen LogP contribution in [-0.4, -0.2) is 49.4 Å². The van der Waals surface area contributed by atoms with Crippen molar-refractivity contribution in [2.75, 3.05) is 24.7 Å². The van der Waals surface area contributed by atoms with Crippen LogP contribution in [0.4, 0.5) is 5.69 Å². The Bertz CT molecular complexity index is 1320. The first kappa shape index (κ1) is 26.7. The van der Waals surface area contributed by atoms with Gasteiger partial charge in [-0.2, -0.15) is 0 Å². The summed E-state index contributed by atoms with van der Waals surface area (Å²) in [6.45, 7) is 1.86. The maximum atomic E-state index is 12.6. The number of rotatable bonds is 10. The van der Waals surface area contributed by atoms with Crippen LogP contribution >= 0.6 is 11.3 Å². The number of carbonyl (C=O) groups is 5. The highest BCUT2D eigenvalue weighted by Crippen LogP contribution is 2.26. The molecule has 0 aliphatic carbocycles. The number of esters is 3. The zero-order chi connectivity index (χ0) is 27.1. The van der Waals surface area contributed by atoms with E-state index in [4.69, 9.17) is 14.2 Å². The molecule has 1 aromatic heterocycles. The molecule has 3 aromatic rings. The molecule has 0 bridgehead atoms. The van der Waals surface area contributed by atoms with Gasteiger partial charge in [0.2, 0.25) is 5.91 Å². The number of ether oxygens (including phenoxy) is 3. The highest BCUT2D eigenvalue weighted by Gasteiger charge is 2.36. The fraction of sp³-hybridized carbons (Fsp3) is 0.250. The van der Waals surface area contributed by atoms with E-state index in [1.165, 1.54) is 40.5 Å². The van der Waals surface area contributed by atoms with Gasteiger partial charge < -0.3 is 19.1 Å². The molecule has 9 nitrogen and oxygen atoms in total. The molecule has 2 heterocycles. The standard InChI is InChI=1S/C28H25NO8S/c1-2-13-35-26(32)19-5-9-21(10-6-19)29-16-20(15-25(29)31)27(33)36-17-23(30)18-7-11-22(12-8-18)37-28(34)24-4-3-14-38-24/h3-12,14,20H,2,13,15-17H2,1H3/t20-/m1/s1. The van der Waals surface area contributed by atoms with Crippen molar-refractivity contribution in [3.05, 3.63) is 82.0 Å². The van der Waals surface area contributed by atoms with Gasteiger partial charge in [0.25, 0.3) is 0 Å². The smallest absolute Gasteiger partial charge is 0.353 e. The number of hydrogen-bond acceptors (Lipinski definition) is 9. The molecule has 1 amide bonds. The zero-order valence-electron chi connectivity index (χ0n) is 20.6. The molecule has 0 N–H and O–H groups in total. The molecule has 0 saturated carbocycles. The summed E-state index contributed by atoms with van der Waals surface area (Å²) in [4.78, 5) is 63.5. The number of nitrogens with zero attached hydrogens (tertiary/aromatic N) is 1. The van der Waals surface area contributed by atoms with Crippen LogP contribution in [0.25, 0.3) is 0 Å². The molecular formula is C28H25NO8S. The van der Waals surface area contributed by atoms with E-state index in [1.807, 2.05) is 6.92 Å². The second-order valence-electron chi connectivity index (χ2n) is 8.51. The van der Waals surface area contributed by atoms with E-state index >= 15 is 0 Å². The minimum absolute atomic E-state index is 0.0440. The van der Waals surface area contributed by atoms with E-state index in [1.54, 1.807) is 41.8 Å². The Labute approximate surface area is 222 Å². The summed E-state index contributed by atoms with van der Waals surface area (Å²) in [6.07, 6.45) is 0.673. The molecule has 10 heteroatoms. The highest BCUT2D eigenvalue weighted by atomic mass is 32.1. The van der Waals surface area contributed by atoms with Crippen molar-refractivity contribution in [3.63, 3.8) is 0 Å². The van der Waals surface area contributed by atoms with E-state index in [0.29, 0.717) is 22.7 Å². The lowest BCUT2D eigenvalue weighted by Crippen LogP contribution is -2.27. The third kappa shape index (κ3) is 6.51. The molecule has 1 aliphatic heterocycles. The number of amides is 1.